The van der Waals surface area contributed by atoms with Crippen molar-refractivity contribution >= 4 is 34.0 Å². The Bertz CT molecular complexity index is 108. The highest BCUT2D eigenvalue weighted by molar-refractivity contribution is 8.93. The highest BCUT2D eigenvalue weighted by atomic mass is 79.9. The third-order valence-electron chi connectivity index (χ3n) is 0.667. The van der Waals surface area contributed by atoms with Gasteiger partial charge in [-0.15, -0.1) is 34.0 Å². The van der Waals surface area contributed by atoms with Crippen LogP contribution >= 0.6 is 34.0 Å². The Morgan fingerprint density at radius 2 is 0.667 bits per heavy atom. The van der Waals surface area contributed by atoms with E-state index in [0.717, 1.165) is 5.92 Å². The highest BCUT2D eigenvalue weighted by Gasteiger charge is 1.68. The van der Waals surface area contributed by atoms with Gasteiger partial charge < -0.3 is 0 Å². The molecular weight excluding hydrogens is 280 g/mol. The zero-order chi connectivity index (χ0) is 7.82. The minimum atomic E-state index is 0. The lowest BCUT2D eigenvalue weighted by Crippen LogP contribution is -1.66. The molecule has 0 bridgehead atoms. The average Bonchev–Trinajstić information content (AvgIpc) is 1.90. The second-order valence-corrected chi connectivity index (χ2v) is 2.89. The molecule has 0 aromatic heterocycles. The molecule has 0 saturated carbocycles. The molecule has 0 N–H and O–H groups in total. The van der Waals surface area contributed by atoms with Crippen molar-refractivity contribution < 1.29 is 0 Å². The van der Waals surface area contributed by atoms with Gasteiger partial charge in [0.05, 0.1) is 0 Å². The summed E-state index contributed by atoms with van der Waals surface area (Å²) in [7, 11) is 0. The summed E-state index contributed by atoms with van der Waals surface area (Å²) in [5, 5.41) is 0. The van der Waals surface area contributed by atoms with Crippen LogP contribution in [0.25, 0.3) is 0 Å². The molecule has 0 aliphatic carbocycles. The summed E-state index contributed by atoms with van der Waals surface area (Å²) in [5.41, 5.74) is 0. The predicted molar refractivity (Wildman–Crippen MR) is 67.6 cm³/mol. The van der Waals surface area contributed by atoms with Crippen molar-refractivity contribution in [2.45, 2.75) is 20.8 Å². The van der Waals surface area contributed by atoms with Crippen molar-refractivity contribution in [3.05, 3.63) is 36.4 Å². The summed E-state index contributed by atoms with van der Waals surface area (Å²) in [5.74, 6) is 0.833. The summed E-state index contributed by atoms with van der Waals surface area (Å²) < 4.78 is 0. The Balaban J connectivity index is -0.000000124. The standard InChI is InChI=1S/C6H6.C4H10.2BrH/c1-2-4-6-5-3-1;1-4(2)3;;/h1-6H;4H,1-3H3;2*1H. The number of rotatable bonds is 0. The topological polar surface area (TPSA) is 0 Å². The molecule has 0 saturated heterocycles. The van der Waals surface area contributed by atoms with E-state index in [1.54, 1.807) is 0 Å². The van der Waals surface area contributed by atoms with Crippen LogP contribution in [0.2, 0.25) is 0 Å². The smallest absolute Gasteiger partial charge is 0.0500 e. The van der Waals surface area contributed by atoms with Gasteiger partial charge in [0.1, 0.15) is 0 Å². The van der Waals surface area contributed by atoms with Crippen molar-refractivity contribution in [2.75, 3.05) is 0 Å². The lowest BCUT2D eigenvalue weighted by molar-refractivity contribution is 0.737. The first kappa shape index (κ1) is 18.1. The number of hydrogen-bond acceptors (Lipinski definition) is 0. The number of halogens is 2. The first-order chi connectivity index (χ1) is 4.73. The molecule has 12 heavy (non-hydrogen) atoms. The van der Waals surface area contributed by atoms with Gasteiger partial charge in [-0.05, 0) is 5.92 Å². The van der Waals surface area contributed by atoms with E-state index in [9.17, 15) is 0 Å². The maximum atomic E-state index is 2.17. The molecule has 0 heterocycles. The van der Waals surface area contributed by atoms with Crippen LogP contribution in [0.5, 0.6) is 0 Å². The number of hydrogen-bond donors (Lipinski definition) is 0. The predicted octanol–water partition coefficient (Wildman–Crippen LogP) is 4.50. The van der Waals surface area contributed by atoms with E-state index in [1.165, 1.54) is 0 Å². The second kappa shape index (κ2) is 13.7. The van der Waals surface area contributed by atoms with Crippen LogP contribution in [-0.4, -0.2) is 0 Å². The maximum Gasteiger partial charge on any atom is -0.0500 e. The summed E-state index contributed by atoms with van der Waals surface area (Å²) in [6, 6.07) is 12.0. The van der Waals surface area contributed by atoms with Crippen molar-refractivity contribution in [3.8, 4) is 0 Å². The third-order valence-corrected chi connectivity index (χ3v) is 0.667. The maximum absolute atomic E-state index is 2.17. The van der Waals surface area contributed by atoms with Crippen molar-refractivity contribution in [2.24, 2.45) is 5.92 Å². The molecular formula is C10H18Br2. The van der Waals surface area contributed by atoms with E-state index in [-0.39, 0.29) is 34.0 Å². The highest BCUT2D eigenvalue weighted by Crippen LogP contribution is 1.81. The molecule has 0 unspecified atom stereocenters. The van der Waals surface area contributed by atoms with Crippen molar-refractivity contribution in [1.29, 1.82) is 0 Å². The van der Waals surface area contributed by atoms with Crippen LogP contribution < -0.4 is 0 Å². The van der Waals surface area contributed by atoms with Gasteiger partial charge in [0.25, 0.3) is 0 Å². The summed E-state index contributed by atoms with van der Waals surface area (Å²) in [4.78, 5) is 0. The van der Waals surface area contributed by atoms with Crippen LogP contribution in [0.3, 0.4) is 0 Å². The third kappa shape index (κ3) is 22.5. The monoisotopic (exact) mass is 296 g/mol. The van der Waals surface area contributed by atoms with Crippen molar-refractivity contribution in [1.82, 2.24) is 0 Å². The second-order valence-electron chi connectivity index (χ2n) is 2.89. The van der Waals surface area contributed by atoms with Gasteiger partial charge in [-0.3, -0.25) is 0 Å². The largest absolute Gasteiger partial charge is 0.114 e. The van der Waals surface area contributed by atoms with E-state index >= 15 is 0 Å². The van der Waals surface area contributed by atoms with Gasteiger partial charge >= 0.3 is 0 Å². The lowest BCUT2D eigenvalue weighted by atomic mass is 10.3. The average molecular weight is 298 g/mol. The minimum absolute atomic E-state index is 0. The van der Waals surface area contributed by atoms with E-state index in [2.05, 4.69) is 20.8 Å². The van der Waals surface area contributed by atoms with Crippen LogP contribution in [-0.2, 0) is 0 Å². The Labute approximate surface area is 96.9 Å². The van der Waals surface area contributed by atoms with Gasteiger partial charge in [-0.2, -0.15) is 0 Å². The Hall–Kier alpha value is 0.180. The molecule has 2 heteroatoms. The summed E-state index contributed by atoms with van der Waals surface area (Å²) in [6.45, 7) is 6.50. The van der Waals surface area contributed by atoms with Crippen LogP contribution in [0.15, 0.2) is 36.4 Å². The molecule has 0 radical (unpaired) electrons. The van der Waals surface area contributed by atoms with Crippen molar-refractivity contribution in [3.63, 3.8) is 0 Å². The fraction of sp³-hybridized carbons (Fsp3) is 0.400. The normalized spacial score (nSPS) is 7.00. The fourth-order valence-electron chi connectivity index (χ4n) is 0.385. The molecule has 1 aromatic rings. The Kier molecular flexibility index (Phi) is 20.7. The molecule has 1 rings (SSSR count). The van der Waals surface area contributed by atoms with Gasteiger partial charge in [0.15, 0.2) is 0 Å². The molecule has 0 fully saturated rings. The molecule has 1 aromatic carbocycles. The van der Waals surface area contributed by atoms with E-state index in [1.807, 2.05) is 36.4 Å². The van der Waals surface area contributed by atoms with Crippen LogP contribution in [0.4, 0.5) is 0 Å². The summed E-state index contributed by atoms with van der Waals surface area (Å²) in [6.07, 6.45) is 0. The Morgan fingerprint density at radius 1 is 0.583 bits per heavy atom. The van der Waals surface area contributed by atoms with E-state index < -0.39 is 0 Å². The molecule has 72 valence electrons. The van der Waals surface area contributed by atoms with Gasteiger partial charge in [0.2, 0.25) is 0 Å². The molecule has 0 spiro atoms. The zero-order valence-electron chi connectivity index (χ0n) is 7.86. The summed E-state index contributed by atoms with van der Waals surface area (Å²) >= 11 is 0. The van der Waals surface area contributed by atoms with E-state index in [4.69, 9.17) is 0 Å². The molecule has 0 aliphatic heterocycles. The zero-order valence-corrected chi connectivity index (χ0v) is 11.3. The lowest BCUT2D eigenvalue weighted by Gasteiger charge is -1.79. The van der Waals surface area contributed by atoms with Gasteiger partial charge in [0, 0.05) is 0 Å². The quantitative estimate of drug-likeness (QED) is 0.661. The number of benzene rings is 1. The minimum Gasteiger partial charge on any atom is -0.114 e. The molecule has 0 nitrogen and oxygen atoms in total. The Morgan fingerprint density at radius 3 is 0.750 bits per heavy atom. The SMILES string of the molecule is Br.Br.CC(C)C.c1ccccc1. The molecule has 0 amide bonds. The van der Waals surface area contributed by atoms with E-state index in [0.29, 0.717) is 0 Å². The first-order valence-electron chi connectivity index (χ1n) is 3.73. The van der Waals surface area contributed by atoms with Crippen LogP contribution in [0, 0.1) is 5.92 Å². The van der Waals surface area contributed by atoms with Gasteiger partial charge in [-0.25, -0.2) is 0 Å². The molecule has 0 aliphatic rings. The molecule has 0 atom stereocenters. The first-order valence-corrected chi connectivity index (χ1v) is 3.73. The fourth-order valence-corrected chi connectivity index (χ4v) is 0.385. The van der Waals surface area contributed by atoms with Crippen LogP contribution in [0.1, 0.15) is 20.8 Å². The van der Waals surface area contributed by atoms with Gasteiger partial charge in [-0.1, -0.05) is 57.2 Å².